The van der Waals surface area contributed by atoms with Crippen molar-refractivity contribution in [1.82, 2.24) is 15.3 Å². The summed E-state index contributed by atoms with van der Waals surface area (Å²) in [4.78, 5) is 17.6. The SMILES string of the molecule is CCNC(CSc1ncc[nH]1)C(=O)O. The van der Waals surface area contributed by atoms with Crippen LogP contribution in [-0.2, 0) is 4.79 Å². The highest BCUT2D eigenvalue weighted by Gasteiger charge is 2.16. The van der Waals surface area contributed by atoms with Crippen LogP contribution in [0.1, 0.15) is 6.92 Å². The summed E-state index contributed by atoms with van der Waals surface area (Å²) in [5.41, 5.74) is 0. The summed E-state index contributed by atoms with van der Waals surface area (Å²) in [6.45, 7) is 2.53. The van der Waals surface area contributed by atoms with Gasteiger partial charge < -0.3 is 15.4 Å². The van der Waals surface area contributed by atoms with E-state index in [1.807, 2.05) is 6.92 Å². The van der Waals surface area contributed by atoms with Crippen LogP contribution in [0, 0.1) is 0 Å². The number of H-pyrrole nitrogens is 1. The van der Waals surface area contributed by atoms with Gasteiger partial charge in [-0.2, -0.15) is 0 Å². The first-order chi connectivity index (χ1) is 6.74. The third kappa shape index (κ3) is 3.39. The van der Waals surface area contributed by atoms with Crippen LogP contribution in [0.5, 0.6) is 0 Å². The number of carboxylic acids is 1. The van der Waals surface area contributed by atoms with Crippen LogP contribution in [0.3, 0.4) is 0 Å². The molecule has 0 spiro atoms. The second kappa shape index (κ2) is 5.66. The van der Waals surface area contributed by atoms with Crippen LogP contribution in [0.15, 0.2) is 17.6 Å². The smallest absolute Gasteiger partial charge is 0.321 e. The molecule has 3 N–H and O–H groups in total. The predicted octanol–water partition coefficient (Wildman–Crippen LogP) is 0.564. The van der Waals surface area contributed by atoms with Gasteiger partial charge in [0, 0.05) is 18.1 Å². The highest BCUT2D eigenvalue weighted by atomic mass is 32.2. The van der Waals surface area contributed by atoms with Crippen LogP contribution in [0.4, 0.5) is 0 Å². The molecule has 1 aromatic heterocycles. The summed E-state index contributed by atoms with van der Waals surface area (Å²) in [5.74, 6) is -0.359. The predicted molar refractivity (Wildman–Crippen MR) is 54.4 cm³/mol. The number of hydrogen-bond acceptors (Lipinski definition) is 4. The third-order valence-electron chi connectivity index (χ3n) is 1.61. The van der Waals surface area contributed by atoms with E-state index in [2.05, 4.69) is 15.3 Å². The van der Waals surface area contributed by atoms with Crippen LogP contribution >= 0.6 is 11.8 Å². The molecule has 1 aromatic rings. The standard InChI is InChI=1S/C8H13N3O2S/c1-2-9-6(7(12)13)5-14-8-10-3-4-11-8/h3-4,6,9H,2,5H2,1H3,(H,10,11)(H,12,13). The van der Waals surface area contributed by atoms with Gasteiger partial charge in [-0.15, -0.1) is 0 Å². The molecule has 0 aromatic carbocycles. The van der Waals surface area contributed by atoms with Gasteiger partial charge in [0.05, 0.1) is 0 Å². The number of aromatic nitrogens is 2. The molecule has 14 heavy (non-hydrogen) atoms. The molecule has 0 fully saturated rings. The highest BCUT2D eigenvalue weighted by molar-refractivity contribution is 7.99. The minimum absolute atomic E-state index is 0.469. The normalized spacial score (nSPS) is 12.6. The fraction of sp³-hybridized carbons (Fsp3) is 0.500. The van der Waals surface area contributed by atoms with E-state index in [9.17, 15) is 4.79 Å². The summed E-state index contributed by atoms with van der Waals surface area (Å²) < 4.78 is 0. The number of thioether (sulfide) groups is 1. The number of carbonyl (C=O) groups is 1. The van der Waals surface area contributed by atoms with Gasteiger partial charge in [-0.1, -0.05) is 18.7 Å². The summed E-state index contributed by atoms with van der Waals surface area (Å²) in [6, 6.07) is -0.518. The van der Waals surface area contributed by atoms with Crippen molar-refractivity contribution in [3.63, 3.8) is 0 Å². The lowest BCUT2D eigenvalue weighted by Crippen LogP contribution is -2.38. The number of aromatic amines is 1. The topological polar surface area (TPSA) is 78.0 Å². The van der Waals surface area contributed by atoms with Gasteiger partial charge in [-0.3, -0.25) is 4.79 Å². The van der Waals surface area contributed by atoms with Crippen molar-refractivity contribution >= 4 is 17.7 Å². The van der Waals surface area contributed by atoms with Gasteiger partial charge >= 0.3 is 5.97 Å². The molecule has 0 bridgehead atoms. The van der Waals surface area contributed by atoms with E-state index in [1.165, 1.54) is 11.8 Å². The lowest BCUT2D eigenvalue weighted by atomic mass is 10.3. The Hall–Kier alpha value is -1.01. The Labute approximate surface area is 86.3 Å². The zero-order valence-electron chi connectivity index (χ0n) is 7.86. The molecule has 0 saturated carbocycles. The number of rotatable bonds is 6. The van der Waals surface area contributed by atoms with Crippen LogP contribution < -0.4 is 5.32 Å². The zero-order chi connectivity index (χ0) is 10.4. The van der Waals surface area contributed by atoms with E-state index < -0.39 is 12.0 Å². The van der Waals surface area contributed by atoms with Crippen molar-refractivity contribution in [2.75, 3.05) is 12.3 Å². The lowest BCUT2D eigenvalue weighted by Gasteiger charge is -2.10. The van der Waals surface area contributed by atoms with E-state index in [1.54, 1.807) is 12.4 Å². The second-order valence-corrected chi connectivity index (χ2v) is 3.66. The average molecular weight is 215 g/mol. The maximum atomic E-state index is 10.7. The minimum Gasteiger partial charge on any atom is -0.480 e. The Morgan fingerprint density at radius 1 is 1.86 bits per heavy atom. The Morgan fingerprint density at radius 2 is 2.64 bits per heavy atom. The molecular formula is C8H13N3O2S. The largest absolute Gasteiger partial charge is 0.480 e. The Morgan fingerprint density at radius 3 is 3.14 bits per heavy atom. The van der Waals surface area contributed by atoms with Gasteiger partial charge in [0.25, 0.3) is 0 Å². The Balaban J connectivity index is 2.37. The summed E-state index contributed by atoms with van der Waals surface area (Å²) >= 11 is 1.39. The fourth-order valence-corrected chi connectivity index (χ4v) is 1.83. The molecule has 0 aliphatic carbocycles. The number of carboxylic acid groups (broad SMARTS) is 1. The number of aliphatic carboxylic acids is 1. The Kier molecular flexibility index (Phi) is 4.48. The van der Waals surface area contributed by atoms with E-state index in [0.29, 0.717) is 12.3 Å². The molecule has 78 valence electrons. The van der Waals surface area contributed by atoms with Crippen molar-refractivity contribution in [3.05, 3.63) is 12.4 Å². The van der Waals surface area contributed by atoms with Gasteiger partial charge in [0.15, 0.2) is 5.16 Å². The van der Waals surface area contributed by atoms with E-state index >= 15 is 0 Å². The van der Waals surface area contributed by atoms with Crippen LogP contribution in [-0.4, -0.2) is 39.4 Å². The van der Waals surface area contributed by atoms with Gasteiger partial charge in [-0.25, -0.2) is 4.98 Å². The van der Waals surface area contributed by atoms with Crippen molar-refractivity contribution in [1.29, 1.82) is 0 Å². The van der Waals surface area contributed by atoms with Gasteiger partial charge in [0.1, 0.15) is 6.04 Å². The average Bonchev–Trinajstić information content (AvgIpc) is 2.64. The molecule has 0 radical (unpaired) electrons. The quantitative estimate of drug-likeness (QED) is 0.604. The molecule has 0 aliphatic heterocycles. The molecule has 1 heterocycles. The molecule has 1 rings (SSSR count). The lowest BCUT2D eigenvalue weighted by molar-refractivity contribution is -0.138. The van der Waals surface area contributed by atoms with Gasteiger partial charge in [0.2, 0.25) is 0 Å². The first-order valence-corrected chi connectivity index (χ1v) is 5.31. The third-order valence-corrected chi connectivity index (χ3v) is 2.61. The molecule has 0 aliphatic rings. The summed E-state index contributed by atoms with van der Waals surface area (Å²) in [6.07, 6.45) is 3.36. The summed E-state index contributed by atoms with van der Waals surface area (Å²) in [7, 11) is 0. The second-order valence-electron chi connectivity index (χ2n) is 2.65. The first kappa shape index (κ1) is 11.1. The number of imidazole rings is 1. The van der Waals surface area contributed by atoms with E-state index in [4.69, 9.17) is 5.11 Å². The number of likely N-dealkylation sites (N-methyl/N-ethyl adjacent to an activating group) is 1. The molecule has 0 saturated heterocycles. The first-order valence-electron chi connectivity index (χ1n) is 4.32. The zero-order valence-corrected chi connectivity index (χ0v) is 8.67. The fourth-order valence-electron chi connectivity index (χ4n) is 0.956. The van der Waals surface area contributed by atoms with Crippen molar-refractivity contribution < 1.29 is 9.90 Å². The molecule has 6 heteroatoms. The number of nitrogens with one attached hydrogen (secondary N) is 2. The molecule has 1 atom stereocenters. The molecule has 1 unspecified atom stereocenters. The van der Waals surface area contributed by atoms with Crippen molar-refractivity contribution in [2.24, 2.45) is 0 Å². The van der Waals surface area contributed by atoms with Gasteiger partial charge in [-0.05, 0) is 6.54 Å². The number of hydrogen-bond donors (Lipinski definition) is 3. The molecule has 0 amide bonds. The monoisotopic (exact) mass is 215 g/mol. The molecular weight excluding hydrogens is 202 g/mol. The van der Waals surface area contributed by atoms with E-state index in [0.717, 1.165) is 5.16 Å². The van der Waals surface area contributed by atoms with Crippen LogP contribution in [0.2, 0.25) is 0 Å². The Bertz CT molecular complexity index is 276. The number of nitrogens with zero attached hydrogens (tertiary/aromatic N) is 1. The molecule has 5 nitrogen and oxygen atoms in total. The van der Waals surface area contributed by atoms with Crippen molar-refractivity contribution in [2.45, 2.75) is 18.1 Å². The highest BCUT2D eigenvalue weighted by Crippen LogP contribution is 2.12. The van der Waals surface area contributed by atoms with Crippen molar-refractivity contribution in [3.8, 4) is 0 Å². The minimum atomic E-state index is -0.828. The van der Waals surface area contributed by atoms with E-state index in [-0.39, 0.29) is 0 Å². The maximum absolute atomic E-state index is 10.7. The van der Waals surface area contributed by atoms with Crippen LogP contribution in [0.25, 0.3) is 0 Å². The maximum Gasteiger partial charge on any atom is 0.321 e. The summed E-state index contributed by atoms with van der Waals surface area (Å²) in [5, 5.41) is 12.5.